The molecular formula is C37H23N3O2. The van der Waals surface area contributed by atoms with Crippen LogP contribution < -0.4 is 4.90 Å². The van der Waals surface area contributed by atoms with Crippen LogP contribution in [0, 0.1) is 0 Å². The lowest BCUT2D eigenvalue weighted by molar-refractivity contribution is 0.0926. The molecule has 0 atom stereocenters. The second-order valence-electron chi connectivity index (χ2n) is 10.3. The lowest BCUT2D eigenvalue weighted by atomic mass is 10.0. The molecule has 0 unspecified atom stereocenters. The summed E-state index contributed by atoms with van der Waals surface area (Å²) >= 11 is 0. The van der Waals surface area contributed by atoms with Crippen LogP contribution in [-0.2, 0) is 0 Å². The van der Waals surface area contributed by atoms with Gasteiger partial charge in [0.2, 0.25) is 0 Å². The van der Waals surface area contributed by atoms with Gasteiger partial charge >= 0.3 is 0 Å². The Morgan fingerprint density at radius 2 is 1.17 bits per heavy atom. The van der Waals surface area contributed by atoms with Crippen LogP contribution in [0.25, 0.3) is 49.7 Å². The summed E-state index contributed by atoms with van der Waals surface area (Å²) < 4.78 is 2.12. The summed E-state index contributed by atoms with van der Waals surface area (Å²) in [6.07, 6.45) is 3.57. The van der Waals surface area contributed by atoms with Crippen molar-refractivity contribution in [1.29, 1.82) is 0 Å². The van der Waals surface area contributed by atoms with Gasteiger partial charge in [0.25, 0.3) is 11.8 Å². The largest absolute Gasteiger partial charge is 0.308 e. The molecule has 8 rings (SSSR count). The molecule has 0 radical (unpaired) electrons. The molecule has 0 fully saturated rings. The number of carbonyl (C=O) groups excluding carboxylic acids is 2. The summed E-state index contributed by atoms with van der Waals surface area (Å²) in [4.78, 5) is 33.8. The molecule has 5 aromatic carbocycles. The second kappa shape index (κ2) is 9.39. The molecule has 42 heavy (non-hydrogen) atoms. The quantitative estimate of drug-likeness (QED) is 0.211. The highest BCUT2D eigenvalue weighted by Crippen LogP contribution is 2.40. The van der Waals surface area contributed by atoms with Crippen molar-refractivity contribution in [3.8, 4) is 27.9 Å². The zero-order chi connectivity index (χ0) is 28.2. The third kappa shape index (κ3) is 3.54. The topological polar surface area (TPSA) is 55.2 Å². The first-order chi connectivity index (χ1) is 20.7. The van der Waals surface area contributed by atoms with Gasteiger partial charge in [0.1, 0.15) is 0 Å². The van der Waals surface area contributed by atoms with Crippen LogP contribution in [-0.4, -0.2) is 21.4 Å². The minimum absolute atomic E-state index is 0.321. The predicted octanol–water partition coefficient (Wildman–Crippen LogP) is 8.31. The minimum atomic E-state index is -0.329. The summed E-state index contributed by atoms with van der Waals surface area (Å²) in [6, 6.07) is 41.5. The summed E-state index contributed by atoms with van der Waals surface area (Å²) in [5, 5.41) is 2.15. The SMILES string of the molecule is O=C1c2cccc(-n3c4ccccc4c4ccc(-c5ccncc5)cc43)c2C(=O)N1c1ccccc1-c1ccccc1. The van der Waals surface area contributed by atoms with Crippen molar-refractivity contribution in [3.05, 3.63) is 151 Å². The number of aromatic nitrogens is 2. The van der Waals surface area contributed by atoms with E-state index in [1.807, 2.05) is 91.0 Å². The minimum Gasteiger partial charge on any atom is -0.308 e. The number of para-hydroxylation sites is 2. The Morgan fingerprint density at radius 3 is 2.02 bits per heavy atom. The molecule has 0 N–H and O–H groups in total. The maximum Gasteiger partial charge on any atom is 0.268 e. The number of anilines is 1. The van der Waals surface area contributed by atoms with Gasteiger partial charge in [-0.3, -0.25) is 14.6 Å². The van der Waals surface area contributed by atoms with E-state index in [2.05, 4.69) is 39.9 Å². The molecule has 5 heteroatoms. The number of pyridine rings is 1. The van der Waals surface area contributed by atoms with E-state index >= 15 is 0 Å². The van der Waals surface area contributed by atoms with Crippen LogP contribution >= 0.6 is 0 Å². The molecule has 3 heterocycles. The van der Waals surface area contributed by atoms with Crippen molar-refractivity contribution in [2.24, 2.45) is 0 Å². The van der Waals surface area contributed by atoms with Gasteiger partial charge in [0, 0.05) is 28.7 Å². The highest BCUT2D eigenvalue weighted by atomic mass is 16.2. The first-order valence-corrected chi connectivity index (χ1v) is 13.8. The third-order valence-corrected chi connectivity index (χ3v) is 8.05. The van der Waals surface area contributed by atoms with Crippen LogP contribution in [0.2, 0.25) is 0 Å². The van der Waals surface area contributed by atoms with Gasteiger partial charge in [0.15, 0.2) is 0 Å². The Hall–Kier alpha value is -5.81. The van der Waals surface area contributed by atoms with Crippen molar-refractivity contribution < 1.29 is 9.59 Å². The number of nitrogens with zero attached hydrogens (tertiary/aromatic N) is 3. The van der Waals surface area contributed by atoms with E-state index in [9.17, 15) is 9.59 Å². The molecule has 1 aliphatic heterocycles. The van der Waals surface area contributed by atoms with Gasteiger partial charge in [0.05, 0.1) is 33.5 Å². The molecule has 7 aromatic rings. The monoisotopic (exact) mass is 541 g/mol. The smallest absolute Gasteiger partial charge is 0.268 e. The molecule has 0 spiro atoms. The number of hydrogen-bond donors (Lipinski definition) is 0. The molecule has 2 amide bonds. The van der Waals surface area contributed by atoms with E-state index in [0.29, 0.717) is 22.5 Å². The van der Waals surface area contributed by atoms with Gasteiger partial charge in [-0.25, -0.2) is 4.90 Å². The highest BCUT2D eigenvalue weighted by Gasteiger charge is 2.40. The van der Waals surface area contributed by atoms with Crippen molar-refractivity contribution in [3.63, 3.8) is 0 Å². The predicted molar refractivity (Wildman–Crippen MR) is 167 cm³/mol. The Morgan fingerprint density at radius 1 is 0.476 bits per heavy atom. The second-order valence-corrected chi connectivity index (χ2v) is 10.3. The summed E-state index contributed by atoms with van der Waals surface area (Å²) in [5.41, 5.74) is 7.85. The number of rotatable bonds is 4. The fourth-order valence-corrected chi connectivity index (χ4v) is 6.16. The first kappa shape index (κ1) is 24.0. The van der Waals surface area contributed by atoms with E-state index in [1.165, 1.54) is 4.90 Å². The van der Waals surface area contributed by atoms with Crippen LogP contribution in [0.15, 0.2) is 140 Å². The maximum absolute atomic E-state index is 14.4. The Labute approximate surface area is 241 Å². The van der Waals surface area contributed by atoms with Crippen molar-refractivity contribution >= 4 is 39.3 Å². The van der Waals surface area contributed by atoms with Crippen molar-refractivity contribution in [2.45, 2.75) is 0 Å². The van der Waals surface area contributed by atoms with E-state index in [1.54, 1.807) is 18.5 Å². The summed E-state index contributed by atoms with van der Waals surface area (Å²) in [5.74, 6) is -0.649. The molecule has 0 saturated carbocycles. The lowest BCUT2D eigenvalue weighted by Crippen LogP contribution is -2.30. The number of benzene rings is 5. The molecule has 0 aliphatic carbocycles. The van der Waals surface area contributed by atoms with Gasteiger partial charge in [-0.1, -0.05) is 84.9 Å². The molecule has 5 nitrogen and oxygen atoms in total. The van der Waals surface area contributed by atoms with E-state index in [0.717, 1.165) is 44.1 Å². The summed E-state index contributed by atoms with van der Waals surface area (Å²) in [6.45, 7) is 0. The fraction of sp³-hybridized carbons (Fsp3) is 0. The van der Waals surface area contributed by atoms with Gasteiger partial charge in [-0.2, -0.15) is 0 Å². The Balaban J connectivity index is 1.36. The number of imide groups is 1. The van der Waals surface area contributed by atoms with Crippen LogP contribution in [0.5, 0.6) is 0 Å². The normalized spacial score (nSPS) is 12.8. The fourth-order valence-electron chi connectivity index (χ4n) is 6.16. The zero-order valence-electron chi connectivity index (χ0n) is 22.4. The third-order valence-electron chi connectivity index (χ3n) is 8.05. The molecule has 2 aromatic heterocycles. The first-order valence-electron chi connectivity index (χ1n) is 13.8. The maximum atomic E-state index is 14.4. The summed E-state index contributed by atoms with van der Waals surface area (Å²) in [7, 11) is 0. The van der Waals surface area contributed by atoms with E-state index < -0.39 is 0 Å². The lowest BCUT2D eigenvalue weighted by Gasteiger charge is -2.18. The average Bonchev–Trinajstić information content (AvgIpc) is 3.52. The van der Waals surface area contributed by atoms with Crippen LogP contribution in [0.4, 0.5) is 5.69 Å². The standard InChI is InChI=1S/C37H23N3O2/c41-36-30-13-8-16-33(35(30)37(42)40(36)31-14-6-4-11-27(31)25-9-2-1-3-10-25)39-32-15-7-5-12-28(32)29-18-17-26(23-34(29)39)24-19-21-38-22-20-24/h1-23H. The average molecular weight is 542 g/mol. The number of amides is 2. The van der Waals surface area contributed by atoms with Gasteiger partial charge in [-0.15, -0.1) is 0 Å². The zero-order valence-corrected chi connectivity index (χ0v) is 22.4. The Bertz CT molecular complexity index is 2180. The molecular weight excluding hydrogens is 518 g/mol. The number of hydrogen-bond acceptors (Lipinski definition) is 3. The number of fused-ring (bicyclic) bond motifs is 4. The highest BCUT2D eigenvalue weighted by molar-refractivity contribution is 6.36. The molecule has 1 aliphatic rings. The van der Waals surface area contributed by atoms with Crippen molar-refractivity contribution in [2.75, 3.05) is 4.90 Å². The van der Waals surface area contributed by atoms with Gasteiger partial charge < -0.3 is 4.57 Å². The molecule has 198 valence electrons. The number of carbonyl (C=O) groups is 2. The van der Waals surface area contributed by atoms with E-state index in [-0.39, 0.29) is 11.8 Å². The van der Waals surface area contributed by atoms with Crippen LogP contribution in [0.3, 0.4) is 0 Å². The van der Waals surface area contributed by atoms with Crippen molar-refractivity contribution in [1.82, 2.24) is 9.55 Å². The molecule has 0 bridgehead atoms. The molecule has 0 saturated heterocycles. The van der Waals surface area contributed by atoms with Crippen LogP contribution in [0.1, 0.15) is 20.7 Å². The van der Waals surface area contributed by atoms with Gasteiger partial charge in [-0.05, 0) is 59.2 Å². The van der Waals surface area contributed by atoms with E-state index in [4.69, 9.17) is 0 Å². The Kier molecular flexibility index (Phi) is 5.37.